The van der Waals surface area contributed by atoms with Gasteiger partial charge in [0.05, 0.1) is 16.5 Å². The molecule has 29 heavy (non-hydrogen) atoms. The van der Waals surface area contributed by atoms with Gasteiger partial charge in [-0.15, -0.1) is 16.8 Å². The normalized spacial score (nSPS) is 11.5. The third-order valence-electron chi connectivity index (χ3n) is 4.26. The molecular weight excluding hydrogens is 382 g/mol. The van der Waals surface area contributed by atoms with Crippen molar-refractivity contribution in [3.63, 3.8) is 0 Å². The molecule has 0 aliphatic carbocycles. The zero-order valence-electron chi connectivity index (χ0n) is 16.3. The van der Waals surface area contributed by atoms with Crippen LogP contribution in [0.4, 0.5) is 5.69 Å². The Kier molecular flexibility index (Phi) is 6.47. The number of amides is 1. The first-order valence-electron chi connectivity index (χ1n) is 9.11. The fraction of sp³-hybridized carbons (Fsp3) is 0.182. The van der Waals surface area contributed by atoms with Gasteiger partial charge in [0.1, 0.15) is 6.07 Å². The molecule has 1 heterocycles. The molecule has 3 rings (SSSR count). The highest BCUT2D eigenvalue weighted by atomic mass is 32.2. The van der Waals surface area contributed by atoms with Crippen LogP contribution in [0.5, 0.6) is 0 Å². The summed E-state index contributed by atoms with van der Waals surface area (Å²) in [5.74, 6) is 0.529. The Morgan fingerprint density at radius 3 is 2.83 bits per heavy atom. The molecule has 1 amide bonds. The number of rotatable bonds is 7. The zero-order chi connectivity index (χ0) is 20.8. The van der Waals surface area contributed by atoms with Gasteiger partial charge in [-0.05, 0) is 32.0 Å². The number of allylic oxidation sites excluding steroid dienone is 1. The van der Waals surface area contributed by atoms with Crippen molar-refractivity contribution >= 4 is 23.4 Å². The molecule has 0 saturated carbocycles. The van der Waals surface area contributed by atoms with Crippen LogP contribution in [0, 0.1) is 18.3 Å². The number of para-hydroxylation sites is 1. The van der Waals surface area contributed by atoms with Gasteiger partial charge >= 0.3 is 0 Å². The lowest BCUT2D eigenvalue weighted by Gasteiger charge is -2.13. The molecule has 1 N–H and O–H groups in total. The van der Waals surface area contributed by atoms with Crippen molar-refractivity contribution in [1.82, 2.24) is 14.8 Å². The molecule has 0 fully saturated rings. The lowest BCUT2D eigenvalue weighted by molar-refractivity contribution is -0.115. The number of nitriles is 1. The number of hydrogen-bond donors (Lipinski definition) is 1. The Morgan fingerprint density at radius 2 is 2.10 bits per heavy atom. The van der Waals surface area contributed by atoms with Gasteiger partial charge in [-0.1, -0.05) is 53.7 Å². The summed E-state index contributed by atoms with van der Waals surface area (Å²) in [7, 11) is 0. The molecule has 0 saturated heterocycles. The van der Waals surface area contributed by atoms with Crippen molar-refractivity contribution in [1.29, 1.82) is 5.26 Å². The first-order valence-corrected chi connectivity index (χ1v) is 9.99. The number of nitrogens with one attached hydrogen (secondary N) is 1. The third kappa shape index (κ3) is 4.73. The van der Waals surface area contributed by atoms with Crippen molar-refractivity contribution in [2.45, 2.75) is 30.8 Å². The van der Waals surface area contributed by atoms with E-state index in [0.717, 1.165) is 17.0 Å². The van der Waals surface area contributed by atoms with Crippen LogP contribution in [-0.4, -0.2) is 25.9 Å². The largest absolute Gasteiger partial charge is 0.324 e. The van der Waals surface area contributed by atoms with Crippen molar-refractivity contribution in [2.24, 2.45) is 0 Å². The maximum Gasteiger partial charge on any atom is 0.237 e. The standard InChI is InChI=1S/C22H21N5OS/c1-4-12-27-20(17-10-7-8-15(2)13-17)25-26-22(27)29-16(3)21(28)24-19-11-6-5-9-18(19)14-23/h4-11,13,16H,1,12H2,2-3H3,(H,24,28). The van der Waals surface area contributed by atoms with Crippen molar-refractivity contribution in [3.05, 3.63) is 72.3 Å². The first kappa shape index (κ1) is 20.4. The highest BCUT2D eigenvalue weighted by Gasteiger charge is 2.21. The van der Waals surface area contributed by atoms with Crippen molar-refractivity contribution in [2.75, 3.05) is 5.32 Å². The second-order valence-corrected chi connectivity index (χ2v) is 7.79. The SMILES string of the molecule is C=CCn1c(SC(C)C(=O)Nc2ccccc2C#N)nnc1-c1cccc(C)c1. The fourth-order valence-electron chi connectivity index (χ4n) is 2.80. The predicted molar refractivity (Wildman–Crippen MR) is 115 cm³/mol. The van der Waals surface area contributed by atoms with E-state index in [1.54, 1.807) is 37.3 Å². The molecule has 1 aromatic heterocycles. The molecule has 2 aromatic carbocycles. The summed E-state index contributed by atoms with van der Waals surface area (Å²) < 4.78 is 1.94. The van der Waals surface area contributed by atoms with Gasteiger partial charge in [-0.3, -0.25) is 9.36 Å². The van der Waals surface area contributed by atoms with Crippen LogP contribution in [-0.2, 0) is 11.3 Å². The highest BCUT2D eigenvalue weighted by molar-refractivity contribution is 8.00. The van der Waals surface area contributed by atoms with E-state index in [9.17, 15) is 10.1 Å². The van der Waals surface area contributed by atoms with E-state index in [4.69, 9.17) is 0 Å². The molecule has 7 heteroatoms. The van der Waals surface area contributed by atoms with Crippen LogP contribution in [0.2, 0.25) is 0 Å². The Hall–Kier alpha value is -3.37. The van der Waals surface area contributed by atoms with E-state index < -0.39 is 5.25 Å². The van der Waals surface area contributed by atoms with Crippen molar-refractivity contribution in [3.8, 4) is 17.5 Å². The topological polar surface area (TPSA) is 83.6 Å². The van der Waals surface area contributed by atoms with Gasteiger partial charge in [-0.2, -0.15) is 5.26 Å². The van der Waals surface area contributed by atoms with E-state index in [0.29, 0.717) is 23.0 Å². The van der Waals surface area contributed by atoms with Gasteiger partial charge in [-0.25, -0.2) is 0 Å². The number of aryl methyl sites for hydroxylation is 1. The third-order valence-corrected chi connectivity index (χ3v) is 5.34. The minimum absolute atomic E-state index is 0.206. The second kappa shape index (κ2) is 9.22. The molecule has 0 spiro atoms. The number of anilines is 1. The Balaban J connectivity index is 1.81. The highest BCUT2D eigenvalue weighted by Crippen LogP contribution is 2.28. The maximum absolute atomic E-state index is 12.7. The molecular formula is C22H21N5OS. The molecule has 1 unspecified atom stereocenters. The van der Waals surface area contributed by atoms with Crippen LogP contribution in [0.25, 0.3) is 11.4 Å². The monoisotopic (exact) mass is 403 g/mol. The van der Waals surface area contributed by atoms with E-state index in [-0.39, 0.29) is 5.91 Å². The summed E-state index contributed by atoms with van der Waals surface area (Å²) in [4.78, 5) is 12.7. The molecule has 6 nitrogen and oxygen atoms in total. The van der Waals surface area contributed by atoms with Crippen LogP contribution in [0.15, 0.2) is 66.3 Å². The maximum atomic E-state index is 12.7. The van der Waals surface area contributed by atoms with Crippen molar-refractivity contribution < 1.29 is 4.79 Å². The number of thioether (sulfide) groups is 1. The molecule has 0 radical (unpaired) electrons. The van der Waals surface area contributed by atoms with E-state index in [1.807, 2.05) is 35.8 Å². The first-order chi connectivity index (χ1) is 14.0. The number of benzene rings is 2. The van der Waals surface area contributed by atoms with Gasteiger partial charge in [0.25, 0.3) is 0 Å². The fourth-order valence-corrected chi connectivity index (χ4v) is 3.66. The molecule has 0 aliphatic rings. The minimum Gasteiger partial charge on any atom is -0.324 e. The number of carbonyl (C=O) groups is 1. The second-order valence-electron chi connectivity index (χ2n) is 6.48. The quantitative estimate of drug-likeness (QED) is 0.466. The summed E-state index contributed by atoms with van der Waals surface area (Å²) in [5.41, 5.74) is 3.02. The summed E-state index contributed by atoms with van der Waals surface area (Å²) >= 11 is 1.32. The summed E-state index contributed by atoms with van der Waals surface area (Å²) in [6.07, 6.45) is 1.78. The van der Waals surface area contributed by atoms with Gasteiger partial charge in [0.2, 0.25) is 5.91 Å². The number of aromatic nitrogens is 3. The van der Waals surface area contributed by atoms with E-state index in [2.05, 4.69) is 28.2 Å². The van der Waals surface area contributed by atoms with Gasteiger partial charge < -0.3 is 5.32 Å². The molecule has 0 aliphatic heterocycles. The lowest BCUT2D eigenvalue weighted by atomic mass is 10.1. The summed E-state index contributed by atoms with van der Waals surface area (Å²) in [6.45, 7) is 8.18. The lowest BCUT2D eigenvalue weighted by Crippen LogP contribution is -2.23. The Morgan fingerprint density at radius 1 is 1.31 bits per heavy atom. The van der Waals surface area contributed by atoms with Crippen LogP contribution >= 0.6 is 11.8 Å². The number of carbonyl (C=O) groups excluding carboxylic acids is 1. The van der Waals surface area contributed by atoms with E-state index in [1.165, 1.54) is 11.8 Å². The summed E-state index contributed by atoms with van der Waals surface area (Å²) in [5, 5.41) is 20.9. The van der Waals surface area contributed by atoms with Crippen LogP contribution in [0.1, 0.15) is 18.1 Å². The smallest absolute Gasteiger partial charge is 0.237 e. The van der Waals surface area contributed by atoms with Crippen LogP contribution in [0.3, 0.4) is 0 Å². The average Bonchev–Trinajstić information content (AvgIpc) is 3.11. The van der Waals surface area contributed by atoms with E-state index >= 15 is 0 Å². The molecule has 146 valence electrons. The number of hydrogen-bond acceptors (Lipinski definition) is 5. The number of nitrogens with zero attached hydrogens (tertiary/aromatic N) is 4. The predicted octanol–water partition coefficient (Wildman–Crippen LogP) is 4.43. The molecule has 0 bridgehead atoms. The Bertz CT molecular complexity index is 1080. The summed E-state index contributed by atoms with van der Waals surface area (Å²) in [6, 6.07) is 17.0. The zero-order valence-corrected chi connectivity index (χ0v) is 17.1. The average molecular weight is 404 g/mol. The van der Waals surface area contributed by atoms with Gasteiger partial charge in [0, 0.05) is 12.1 Å². The van der Waals surface area contributed by atoms with Crippen LogP contribution < -0.4 is 5.32 Å². The minimum atomic E-state index is -0.431. The van der Waals surface area contributed by atoms with Gasteiger partial charge in [0.15, 0.2) is 11.0 Å². The Labute approximate surface area is 174 Å². The molecule has 1 atom stereocenters. The molecule has 3 aromatic rings.